The third-order valence-electron chi connectivity index (χ3n) is 5.63. The topological polar surface area (TPSA) is 55.1 Å². The third-order valence-corrected chi connectivity index (χ3v) is 5.63. The number of benzene rings is 3. The number of carbonyl (C=O) groups is 1. The van der Waals surface area contributed by atoms with Crippen molar-refractivity contribution >= 4 is 38.5 Å². The van der Waals surface area contributed by atoms with E-state index in [0.717, 1.165) is 16.8 Å². The van der Waals surface area contributed by atoms with Gasteiger partial charge in [-0.25, -0.2) is 0 Å². The van der Waals surface area contributed by atoms with Gasteiger partial charge in [-0.3, -0.25) is 9.78 Å². The van der Waals surface area contributed by atoms with Crippen LogP contribution in [0.1, 0.15) is 25.0 Å². The second kappa shape index (κ2) is 10.3. The molecule has 2 heterocycles. The van der Waals surface area contributed by atoms with Gasteiger partial charge in [0.1, 0.15) is 0 Å². The van der Waals surface area contributed by atoms with Crippen molar-refractivity contribution in [3.05, 3.63) is 89.7 Å². The van der Waals surface area contributed by atoms with Crippen LogP contribution >= 0.6 is 0 Å². The summed E-state index contributed by atoms with van der Waals surface area (Å²) in [4.78, 5) is 15.1. The minimum atomic E-state index is -0.125. The number of pyridine rings is 1. The van der Waals surface area contributed by atoms with Gasteiger partial charge in [-0.2, -0.15) is 0 Å². The van der Waals surface area contributed by atoms with Crippen LogP contribution in [0.2, 0.25) is 0 Å². The van der Waals surface area contributed by atoms with Crippen LogP contribution in [0.3, 0.4) is 0 Å². The SMILES string of the molecule is CC(=O)/C=C(/C)O.Cc1cc(C)c2c(c1)c1c(-c3[c-]cccc3)nc3ccccc3c1n2C.[Ir]. The van der Waals surface area contributed by atoms with Gasteiger partial charge in [-0.1, -0.05) is 29.8 Å². The van der Waals surface area contributed by atoms with Crippen molar-refractivity contribution in [1.82, 2.24) is 9.55 Å². The number of aryl methyl sites for hydroxylation is 3. The minimum Gasteiger partial charge on any atom is -0.512 e. The van der Waals surface area contributed by atoms with Gasteiger partial charge < -0.3 is 9.67 Å². The van der Waals surface area contributed by atoms with Crippen LogP contribution in [-0.2, 0) is 31.9 Å². The van der Waals surface area contributed by atoms with Gasteiger partial charge in [-0.15, -0.1) is 35.9 Å². The third kappa shape index (κ3) is 4.82. The average molecular weight is 628 g/mol. The molecule has 1 N–H and O–H groups in total. The summed E-state index contributed by atoms with van der Waals surface area (Å²) in [6, 6.07) is 24.4. The molecule has 1 radical (unpaired) electrons. The second-order valence-corrected chi connectivity index (χ2v) is 8.41. The quantitative estimate of drug-likeness (QED) is 0.130. The Kier molecular flexibility index (Phi) is 7.71. The number of rotatable bonds is 2. The largest absolute Gasteiger partial charge is 0.512 e. The molecular weight excluding hydrogens is 601 g/mol. The predicted octanol–water partition coefficient (Wildman–Crippen LogP) is 7.00. The zero-order chi connectivity index (χ0) is 23.7. The Morgan fingerprint density at radius 1 is 1.00 bits per heavy atom. The number of nitrogens with zero attached hydrogens (tertiary/aromatic N) is 2. The normalized spacial score (nSPS) is 11.3. The second-order valence-electron chi connectivity index (χ2n) is 8.41. The predicted molar refractivity (Wildman–Crippen MR) is 137 cm³/mol. The van der Waals surface area contributed by atoms with E-state index in [1.165, 1.54) is 58.2 Å². The van der Waals surface area contributed by atoms with Gasteiger partial charge in [0, 0.05) is 44.0 Å². The molecule has 3 aromatic carbocycles. The van der Waals surface area contributed by atoms with Crippen LogP contribution in [-0.4, -0.2) is 20.4 Å². The van der Waals surface area contributed by atoms with Crippen LogP contribution < -0.4 is 0 Å². The van der Waals surface area contributed by atoms with Crippen molar-refractivity contribution in [2.45, 2.75) is 27.7 Å². The maximum absolute atomic E-state index is 10.0. The molecule has 0 bridgehead atoms. The van der Waals surface area contributed by atoms with E-state index in [1.54, 1.807) is 0 Å². The first-order chi connectivity index (χ1) is 15.8. The van der Waals surface area contributed by atoms with E-state index in [0.29, 0.717) is 0 Å². The number of ketones is 1. The number of hydrogen-bond donors (Lipinski definition) is 1. The molecule has 0 aliphatic rings. The average Bonchev–Trinajstić information content (AvgIpc) is 3.06. The molecule has 0 unspecified atom stereocenters. The fourth-order valence-corrected chi connectivity index (χ4v) is 4.54. The molecule has 5 aromatic rings. The maximum atomic E-state index is 10.0. The first-order valence-electron chi connectivity index (χ1n) is 10.9. The number of allylic oxidation sites excluding steroid dienone is 2. The Morgan fingerprint density at radius 2 is 1.71 bits per heavy atom. The van der Waals surface area contributed by atoms with E-state index in [-0.39, 0.29) is 31.6 Å². The molecule has 34 heavy (non-hydrogen) atoms. The summed E-state index contributed by atoms with van der Waals surface area (Å²) in [6.07, 6.45) is 1.17. The summed E-state index contributed by atoms with van der Waals surface area (Å²) < 4.78 is 2.33. The monoisotopic (exact) mass is 628 g/mol. The van der Waals surface area contributed by atoms with Crippen molar-refractivity contribution in [1.29, 1.82) is 0 Å². The Hall–Kier alpha value is -3.27. The summed E-state index contributed by atoms with van der Waals surface area (Å²) in [5.74, 6) is -0.0625. The Morgan fingerprint density at radius 3 is 2.32 bits per heavy atom. The molecule has 0 aliphatic carbocycles. The number of para-hydroxylation sites is 1. The summed E-state index contributed by atoms with van der Waals surface area (Å²) >= 11 is 0. The smallest absolute Gasteiger partial charge is 0.155 e. The standard InChI is InChI=1S/C24H19N2.C5H8O2.Ir/c1-15-13-16(2)23-19(14-15)21-22(17-9-5-4-6-10-17)25-20-12-8-7-11-18(20)24(21)26(23)3;1-4(6)3-5(2)7;/h4-9,11-14H,1-3H3;3,6H,1-2H3;/q-1;;/b;4-3-;. The van der Waals surface area contributed by atoms with E-state index < -0.39 is 0 Å². The molecule has 4 nitrogen and oxygen atoms in total. The van der Waals surface area contributed by atoms with E-state index in [4.69, 9.17) is 10.1 Å². The van der Waals surface area contributed by atoms with Crippen LogP contribution in [0.5, 0.6) is 0 Å². The molecule has 0 aliphatic heterocycles. The molecule has 5 heteroatoms. The van der Waals surface area contributed by atoms with Gasteiger partial charge in [-0.05, 0) is 56.5 Å². The van der Waals surface area contributed by atoms with Gasteiger partial charge in [0.05, 0.1) is 22.3 Å². The Labute approximate surface area is 213 Å². The Balaban J connectivity index is 0.000000357. The first kappa shape index (κ1) is 25.4. The molecule has 0 atom stereocenters. The molecule has 2 aromatic heterocycles. The number of aromatic nitrogens is 2. The van der Waals surface area contributed by atoms with Crippen LogP contribution in [0, 0.1) is 19.9 Å². The van der Waals surface area contributed by atoms with Crippen molar-refractivity contribution in [3.63, 3.8) is 0 Å². The van der Waals surface area contributed by atoms with Crippen LogP contribution in [0.15, 0.2) is 72.5 Å². The minimum absolute atomic E-state index is 0. The van der Waals surface area contributed by atoms with E-state index in [1.807, 2.05) is 12.1 Å². The summed E-state index contributed by atoms with van der Waals surface area (Å²) in [6.45, 7) is 7.20. The zero-order valence-electron chi connectivity index (χ0n) is 19.9. The van der Waals surface area contributed by atoms with Crippen molar-refractivity contribution in [2.24, 2.45) is 7.05 Å². The van der Waals surface area contributed by atoms with Crippen LogP contribution in [0.25, 0.3) is 44.0 Å². The van der Waals surface area contributed by atoms with E-state index in [2.05, 4.69) is 80.1 Å². The molecule has 5 rings (SSSR count). The Bertz CT molecular complexity index is 1530. The molecule has 0 spiro atoms. The van der Waals surface area contributed by atoms with Crippen molar-refractivity contribution < 1.29 is 30.0 Å². The fraction of sp³-hybridized carbons (Fsp3) is 0.172. The molecule has 0 amide bonds. The maximum Gasteiger partial charge on any atom is 0.155 e. The zero-order valence-corrected chi connectivity index (χ0v) is 22.3. The summed E-state index contributed by atoms with van der Waals surface area (Å²) in [7, 11) is 2.16. The van der Waals surface area contributed by atoms with Gasteiger partial charge in [0.15, 0.2) is 5.78 Å². The van der Waals surface area contributed by atoms with Crippen LogP contribution in [0.4, 0.5) is 0 Å². The molecule has 175 valence electrons. The number of aliphatic hydroxyl groups excluding tert-OH is 1. The van der Waals surface area contributed by atoms with Gasteiger partial charge in [0.2, 0.25) is 0 Å². The molecular formula is C29H27IrN2O2-. The summed E-state index contributed by atoms with van der Waals surface area (Å²) in [5, 5.41) is 12.0. The van der Waals surface area contributed by atoms with Gasteiger partial charge >= 0.3 is 0 Å². The number of carbonyl (C=O) groups excluding carboxylic acids is 1. The first-order valence-corrected chi connectivity index (χ1v) is 10.9. The number of aliphatic hydroxyl groups is 1. The molecule has 0 fully saturated rings. The van der Waals surface area contributed by atoms with Crippen molar-refractivity contribution in [2.75, 3.05) is 0 Å². The van der Waals surface area contributed by atoms with Crippen molar-refractivity contribution in [3.8, 4) is 11.3 Å². The molecule has 0 saturated heterocycles. The van der Waals surface area contributed by atoms with E-state index in [9.17, 15) is 4.79 Å². The number of fused-ring (bicyclic) bond motifs is 5. The summed E-state index contributed by atoms with van der Waals surface area (Å²) in [5.41, 5.74) is 8.16. The fourth-order valence-electron chi connectivity index (χ4n) is 4.54. The number of hydrogen-bond acceptors (Lipinski definition) is 3. The molecule has 0 saturated carbocycles. The van der Waals surface area contributed by atoms with E-state index >= 15 is 0 Å². The van der Waals surface area contributed by atoms with Gasteiger partial charge in [0.25, 0.3) is 0 Å².